The maximum absolute atomic E-state index is 5.10. The molecule has 27 heavy (non-hydrogen) atoms. The predicted octanol–water partition coefficient (Wildman–Crippen LogP) is 4.07. The van der Waals surface area contributed by atoms with Crippen LogP contribution in [0.5, 0.6) is 0 Å². The lowest BCUT2D eigenvalue weighted by atomic mass is 10.2. The van der Waals surface area contributed by atoms with Gasteiger partial charge in [-0.05, 0) is 31.7 Å². The maximum Gasteiger partial charge on any atom is 0.231 e. The number of nitrogens with one attached hydrogen (secondary N) is 2. The van der Waals surface area contributed by atoms with Gasteiger partial charge in [-0.25, -0.2) is 0 Å². The van der Waals surface area contributed by atoms with Gasteiger partial charge in [0.1, 0.15) is 5.82 Å². The zero-order valence-corrected chi connectivity index (χ0v) is 18.2. The van der Waals surface area contributed by atoms with Crippen molar-refractivity contribution in [3.63, 3.8) is 0 Å². The van der Waals surface area contributed by atoms with E-state index in [0.29, 0.717) is 25.1 Å². The zero-order chi connectivity index (χ0) is 18.8. The lowest BCUT2D eigenvalue weighted by Gasteiger charge is -2.15. The summed E-state index contributed by atoms with van der Waals surface area (Å²) < 4.78 is 8.97. The summed E-state index contributed by atoms with van der Waals surface area (Å²) >= 11 is 2.26. The number of methoxy groups -OCH3 is 1. The van der Waals surface area contributed by atoms with Crippen LogP contribution in [-0.2, 0) is 11.3 Å². The molecule has 3 aromatic heterocycles. The van der Waals surface area contributed by atoms with Gasteiger partial charge in [-0.15, -0.1) is 0 Å². The SMILES string of the molecule is COCCn1cc(Nc2nc(N[C@@H](C)C3CC3)c3ccn(SI)c3n2)cn1. The van der Waals surface area contributed by atoms with Crippen molar-refractivity contribution in [2.24, 2.45) is 5.92 Å². The molecule has 3 aromatic rings. The number of rotatable bonds is 9. The fourth-order valence-corrected chi connectivity index (χ4v) is 4.27. The molecule has 1 atom stereocenters. The standard InChI is InChI=1S/C17H22IN7OS/c1-11(12-3-4-12)20-15-14-5-6-25(27-18)16(14)23-17(22-15)21-13-9-19-24(10-13)7-8-26-2/h5-6,9-12H,3-4,7-8H2,1-2H3,(H2,20,21,22,23)/t11-/m0/s1. The number of halogens is 1. The highest BCUT2D eigenvalue weighted by atomic mass is 127. The zero-order valence-electron chi connectivity index (χ0n) is 15.2. The molecular weight excluding hydrogens is 477 g/mol. The van der Waals surface area contributed by atoms with Gasteiger partial charge in [0.05, 0.1) is 30.4 Å². The Balaban J connectivity index is 1.62. The topological polar surface area (TPSA) is 81.8 Å². The normalized spacial score (nSPS) is 15.2. The van der Waals surface area contributed by atoms with Crippen molar-refractivity contribution in [3.05, 3.63) is 24.7 Å². The minimum atomic E-state index is 0.406. The third kappa shape index (κ3) is 4.32. The van der Waals surface area contributed by atoms with E-state index in [4.69, 9.17) is 14.7 Å². The molecule has 2 N–H and O–H groups in total. The molecule has 1 fully saturated rings. The molecule has 1 aliphatic rings. The van der Waals surface area contributed by atoms with E-state index in [0.717, 1.165) is 28.5 Å². The highest BCUT2D eigenvalue weighted by molar-refractivity contribution is 14.2. The summed E-state index contributed by atoms with van der Waals surface area (Å²) in [6, 6.07) is 2.47. The molecule has 0 radical (unpaired) electrons. The lowest BCUT2D eigenvalue weighted by molar-refractivity contribution is 0.183. The summed E-state index contributed by atoms with van der Waals surface area (Å²) in [5, 5.41) is 12.2. The Kier molecular flexibility index (Phi) is 5.74. The summed E-state index contributed by atoms with van der Waals surface area (Å²) in [5.41, 5.74) is 1.75. The van der Waals surface area contributed by atoms with Crippen molar-refractivity contribution in [2.45, 2.75) is 32.4 Å². The van der Waals surface area contributed by atoms with Gasteiger partial charge >= 0.3 is 0 Å². The second-order valence-corrected chi connectivity index (χ2v) is 8.44. The van der Waals surface area contributed by atoms with Gasteiger partial charge < -0.3 is 15.4 Å². The average molecular weight is 499 g/mol. The maximum atomic E-state index is 5.10. The molecule has 10 heteroatoms. The molecule has 0 saturated heterocycles. The Bertz CT molecular complexity index is 923. The number of ether oxygens (including phenoxy) is 1. The van der Waals surface area contributed by atoms with Crippen molar-refractivity contribution in [1.82, 2.24) is 23.7 Å². The first kappa shape index (κ1) is 18.8. The van der Waals surface area contributed by atoms with E-state index in [-0.39, 0.29) is 0 Å². The monoisotopic (exact) mass is 499 g/mol. The van der Waals surface area contributed by atoms with Crippen LogP contribution in [0.2, 0.25) is 0 Å². The Morgan fingerprint density at radius 2 is 2.26 bits per heavy atom. The van der Waals surface area contributed by atoms with Crippen LogP contribution in [-0.4, -0.2) is 43.5 Å². The molecule has 1 aliphatic carbocycles. The summed E-state index contributed by atoms with van der Waals surface area (Å²) in [6.07, 6.45) is 8.31. The molecular formula is C17H22IN7OS. The number of hydrogen-bond acceptors (Lipinski definition) is 7. The third-order valence-electron chi connectivity index (χ3n) is 4.69. The molecule has 144 valence electrons. The van der Waals surface area contributed by atoms with Crippen LogP contribution in [0.3, 0.4) is 0 Å². The largest absolute Gasteiger partial charge is 0.383 e. The van der Waals surface area contributed by atoms with Crippen LogP contribution in [0.4, 0.5) is 17.5 Å². The Hall–Kier alpha value is -1.53. The first-order valence-corrected chi connectivity index (χ1v) is 12.2. The fraction of sp³-hybridized carbons (Fsp3) is 0.471. The molecule has 0 aromatic carbocycles. The Labute approximate surface area is 174 Å². The predicted molar refractivity (Wildman–Crippen MR) is 118 cm³/mol. The van der Waals surface area contributed by atoms with Crippen molar-refractivity contribution >= 4 is 58.8 Å². The quantitative estimate of drug-likeness (QED) is 0.430. The molecule has 0 aliphatic heterocycles. The van der Waals surface area contributed by atoms with Crippen molar-refractivity contribution < 1.29 is 4.74 Å². The molecule has 0 bridgehead atoms. The van der Waals surface area contributed by atoms with Crippen LogP contribution >= 0.6 is 30.3 Å². The lowest BCUT2D eigenvalue weighted by Crippen LogP contribution is -2.18. The van der Waals surface area contributed by atoms with Crippen molar-refractivity contribution in [3.8, 4) is 0 Å². The van der Waals surface area contributed by atoms with E-state index in [9.17, 15) is 0 Å². The number of nitrogens with zero attached hydrogens (tertiary/aromatic N) is 5. The number of aromatic nitrogens is 5. The number of anilines is 3. The highest BCUT2D eigenvalue weighted by Gasteiger charge is 2.28. The molecule has 1 saturated carbocycles. The van der Waals surface area contributed by atoms with Gasteiger partial charge in [-0.3, -0.25) is 8.65 Å². The van der Waals surface area contributed by atoms with Crippen LogP contribution in [0.1, 0.15) is 19.8 Å². The van der Waals surface area contributed by atoms with Crippen LogP contribution in [0.15, 0.2) is 24.7 Å². The van der Waals surface area contributed by atoms with Crippen LogP contribution in [0, 0.1) is 5.92 Å². The summed E-state index contributed by atoms with van der Waals surface area (Å²) in [5.74, 6) is 2.18. The third-order valence-corrected chi connectivity index (χ3v) is 6.41. The molecule has 3 heterocycles. The second kappa shape index (κ2) is 8.23. The molecule has 0 spiro atoms. The summed E-state index contributed by atoms with van der Waals surface area (Å²) in [7, 11) is 3.27. The number of fused-ring (bicyclic) bond motifs is 1. The van der Waals surface area contributed by atoms with Gasteiger partial charge in [-0.2, -0.15) is 15.1 Å². The van der Waals surface area contributed by atoms with E-state index >= 15 is 0 Å². The van der Waals surface area contributed by atoms with E-state index in [1.54, 1.807) is 22.4 Å². The first-order chi connectivity index (χ1) is 13.2. The molecule has 0 unspecified atom stereocenters. The van der Waals surface area contributed by atoms with E-state index in [1.165, 1.54) is 12.8 Å². The van der Waals surface area contributed by atoms with Gasteiger partial charge in [-0.1, -0.05) is 0 Å². The summed E-state index contributed by atoms with van der Waals surface area (Å²) in [6.45, 7) is 3.55. The molecule has 4 rings (SSSR count). The van der Waals surface area contributed by atoms with Gasteiger partial charge in [0.15, 0.2) is 5.65 Å². The Morgan fingerprint density at radius 3 is 3.00 bits per heavy atom. The fourth-order valence-electron chi connectivity index (χ4n) is 3.01. The van der Waals surface area contributed by atoms with E-state index in [2.05, 4.69) is 49.9 Å². The Morgan fingerprint density at radius 1 is 1.41 bits per heavy atom. The number of hydrogen-bond donors (Lipinski definition) is 2. The average Bonchev–Trinajstić information content (AvgIpc) is 3.30. The molecule has 8 nitrogen and oxygen atoms in total. The minimum Gasteiger partial charge on any atom is -0.383 e. The van der Waals surface area contributed by atoms with Crippen molar-refractivity contribution in [2.75, 3.05) is 24.4 Å². The van der Waals surface area contributed by atoms with E-state index in [1.807, 2.05) is 21.0 Å². The van der Waals surface area contributed by atoms with Crippen LogP contribution < -0.4 is 10.6 Å². The molecule has 0 amide bonds. The van der Waals surface area contributed by atoms with Gasteiger partial charge in [0.25, 0.3) is 0 Å². The smallest absolute Gasteiger partial charge is 0.231 e. The minimum absolute atomic E-state index is 0.406. The van der Waals surface area contributed by atoms with Gasteiger partial charge in [0.2, 0.25) is 5.95 Å². The second-order valence-electron chi connectivity index (χ2n) is 6.72. The first-order valence-electron chi connectivity index (χ1n) is 8.91. The summed E-state index contributed by atoms with van der Waals surface area (Å²) in [4.78, 5) is 9.46. The highest BCUT2D eigenvalue weighted by Crippen LogP contribution is 2.35. The van der Waals surface area contributed by atoms with Gasteiger partial charge in [0, 0.05) is 55.9 Å². The van der Waals surface area contributed by atoms with Crippen LogP contribution in [0.25, 0.3) is 11.0 Å². The van der Waals surface area contributed by atoms with Crippen molar-refractivity contribution in [1.29, 1.82) is 0 Å². The van der Waals surface area contributed by atoms with E-state index < -0.39 is 0 Å².